The Kier molecular flexibility index (Phi) is 5.29. The molecule has 1 saturated carbocycles. The summed E-state index contributed by atoms with van der Waals surface area (Å²) in [6.45, 7) is 4.29. The van der Waals surface area contributed by atoms with E-state index in [4.69, 9.17) is 9.47 Å². The van der Waals surface area contributed by atoms with Gasteiger partial charge in [-0.05, 0) is 26.7 Å². The third-order valence-corrected chi connectivity index (χ3v) is 2.94. The zero-order chi connectivity index (χ0) is 12.0. The molecule has 0 heterocycles. The molecule has 92 valence electrons. The molecule has 0 radical (unpaired) electrons. The van der Waals surface area contributed by atoms with Gasteiger partial charge in [0.2, 0.25) is 0 Å². The average molecular weight is 228 g/mol. The molecule has 0 N–H and O–H groups in total. The van der Waals surface area contributed by atoms with Gasteiger partial charge in [0, 0.05) is 0 Å². The quantitative estimate of drug-likeness (QED) is 0.690. The number of carbonyl (C=O) groups is 2. The molecule has 1 fully saturated rings. The second kappa shape index (κ2) is 6.51. The Bertz CT molecular complexity index is 223. The molecule has 0 spiro atoms. The van der Waals surface area contributed by atoms with E-state index in [2.05, 4.69) is 0 Å². The summed E-state index contributed by atoms with van der Waals surface area (Å²) < 4.78 is 9.99. The first-order chi connectivity index (χ1) is 7.70. The second-order valence-electron chi connectivity index (χ2n) is 4.00. The van der Waals surface area contributed by atoms with Crippen LogP contribution >= 0.6 is 0 Å². The molecule has 0 saturated heterocycles. The third-order valence-electron chi connectivity index (χ3n) is 2.94. The summed E-state index contributed by atoms with van der Waals surface area (Å²) in [7, 11) is 0. The summed E-state index contributed by atoms with van der Waals surface area (Å²) in [6.07, 6.45) is 3.45. The molecule has 0 aromatic rings. The molecule has 4 heteroatoms. The molecule has 1 rings (SSSR count). The Morgan fingerprint density at radius 2 is 1.31 bits per heavy atom. The zero-order valence-corrected chi connectivity index (χ0v) is 10.0. The van der Waals surface area contributed by atoms with Gasteiger partial charge in [-0.1, -0.05) is 12.8 Å². The first kappa shape index (κ1) is 13.0. The number of hydrogen-bond donors (Lipinski definition) is 0. The van der Waals surface area contributed by atoms with Crippen molar-refractivity contribution in [1.29, 1.82) is 0 Å². The predicted octanol–water partition coefficient (Wildman–Crippen LogP) is 1.92. The molecule has 0 aliphatic heterocycles. The minimum Gasteiger partial charge on any atom is -0.466 e. The number of hydrogen-bond acceptors (Lipinski definition) is 4. The van der Waals surface area contributed by atoms with Gasteiger partial charge < -0.3 is 9.47 Å². The van der Waals surface area contributed by atoms with Crippen molar-refractivity contribution in [2.45, 2.75) is 39.5 Å². The fourth-order valence-electron chi connectivity index (χ4n) is 2.19. The Balaban J connectivity index is 2.63. The highest BCUT2D eigenvalue weighted by atomic mass is 16.5. The summed E-state index contributed by atoms with van der Waals surface area (Å²) in [4.78, 5) is 23.4. The van der Waals surface area contributed by atoms with Crippen molar-refractivity contribution < 1.29 is 19.1 Å². The summed E-state index contributed by atoms with van der Waals surface area (Å²) in [6, 6.07) is 0. The third kappa shape index (κ3) is 3.22. The number of rotatable bonds is 4. The second-order valence-corrected chi connectivity index (χ2v) is 4.00. The van der Waals surface area contributed by atoms with Crippen LogP contribution in [0.2, 0.25) is 0 Å². The van der Waals surface area contributed by atoms with E-state index in [-0.39, 0.29) is 23.8 Å². The van der Waals surface area contributed by atoms with Crippen LogP contribution in [0.4, 0.5) is 0 Å². The first-order valence-electron chi connectivity index (χ1n) is 6.04. The summed E-state index contributed by atoms with van der Waals surface area (Å²) >= 11 is 0. The molecule has 0 aromatic heterocycles. The van der Waals surface area contributed by atoms with Crippen LogP contribution in [0.25, 0.3) is 0 Å². The number of esters is 2. The Hall–Kier alpha value is -1.06. The lowest BCUT2D eigenvalue weighted by Crippen LogP contribution is -2.35. The monoisotopic (exact) mass is 228 g/mol. The van der Waals surface area contributed by atoms with Crippen LogP contribution in [0.15, 0.2) is 0 Å². The lowest BCUT2D eigenvalue weighted by atomic mass is 9.79. The molecular weight excluding hydrogens is 208 g/mol. The zero-order valence-electron chi connectivity index (χ0n) is 10.0. The molecule has 0 aromatic carbocycles. The first-order valence-corrected chi connectivity index (χ1v) is 6.04. The largest absolute Gasteiger partial charge is 0.466 e. The van der Waals surface area contributed by atoms with Crippen LogP contribution in [-0.2, 0) is 19.1 Å². The van der Waals surface area contributed by atoms with E-state index in [1.807, 2.05) is 0 Å². The molecule has 4 nitrogen and oxygen atoms in total. The summed E-state index contributed by atoms with van der Waals surface area (Å²) in [5.41, 5.74) is 0. The van der Waals surface area contributed by atoms with Crippen molar-refractivity contribution in [3.8, 4) is 0 Å². The molecule has 0 unspecified atom stereocenters. The maximum atomic E-state index is 11.7. The lowest BCUT2D eigenvalue weighted by molar-refractivity contribution is -0.162. The van der Waals surface area contributed by atoms with Crippen molar-refractivity contribution in [3.63, 3.8) is 0 Å². The van der Waals surface area contributed by atoms with Gasteiger partial charge in [0.1, 0.15) is 0 Å². The summed E-state index contributed by atoms with van der Waals surface area (Å²) in [5, 5.41) is 0. The van der Waals surface area contributed by atoms with Crippen LogP contribution in [0.5, 0.6) is 0 Å². The Morgan fingerprint density at radius 3 is 1.62 bits per heavy atom. The van der Waals surface area contributed by atoms with Crippen LogP contribution in [-0.4, -0.2) is 25.2 Å². The fraction of sp³-hybridized carbons (Fsp3) is 0.833. The van der Waals surface area contributed by atoms with Gasteiger partial charge in [0.05, 0.1) is 25.0 Å². The van der Waals surface area contributed by atoms with Crippen LogP contribution < -0.4 is 0 Å². The topological polar surface area (TPSA) is 52.6 Å². The van der Waals surface area contributed by atoms with Gasteiger partial charge in [-0.15, -0.1) is 0 Å². The van der Waals surface area contributed by atoms with Gasteiger partial charge in [0.15, 0.2) is 0 Å². The van der Waals surface area contributed by atoms with Gasteiger partial charge in [-0.3, -0.25) is 9.59 Å². The Morgan fingerprint density at radius 1 is 0.938 bits per heavy atom. The highest BCUT2D eigenvalue weighted by Crippen LogP contribution is 2.31. The molecule has 1 aliphatic carbocycles. The van der Waals surface area contributed by atoms with Gasteiger partial charge in [-0.25, -0.2) is 0 Å². The maximum Gasteiger partial charge on any atom is 0.309 e. The van der Waals surface area contributed by atoms with E-state index in [1.165, 1.54) is 0 Å². The SMILES string of the molecule is CCOC(=O)[C@H]1CCCC[C@H]1C(=O)OCC. The normalized spacial score (nSPS) is 24.9. The minimum atomic E-state index is -0.298. The standard InChI is InChI=1S/C12H20O4/c1-3-15-11(13)9-7-5-6-8-10(9)12(14)16-4-2/h9-10H,3-8H2,1-2H3/t9-,10+. The summed E-state index contributed by atoms with van der Waals surface area (Å²) in [5.74, 6) is -1.10. The number of carbonyl (C=O) groups excluding carboxylic acids is 2. The van der Waals surface area contributed by atoms with Gasteiger partial charge >= 0.3 is 11.9 Å². The Labute approximate surface area is 96.3 Å². The van der Waals surface area contributed by atoms with E-state index in [0.29, 0.717) is 13.2 Å². The highest BCUT2D eigenvalue weighted by molar-refractivity contribution is 5.82. The lowest BCUT2D eigenvalue weighted by Gasteiger charge is -2.27. The molecule has 1 aliphatic rings. The minimum absolute atomic E-state index is 0.250. The van der Waals surface area contributed by atoms with Crippen molar-refractivity contribution in [3.05, 3.63) is 0 Å². The molecule has 2 atom stereocenters. The number of ether oxygens (including phenoxy) is 2. The fourth-order valence-corrected chi connectivity index (χ4v) is 2.19. The predicted molar refractivity (Wildman–Crippen MR) is 58.7 cm³/mol. The van der Waals surface area contributed by atoms with E-state index < -0.39 is 0 Å². The smallest absolute Gasteiger partial charge is 0.309 e. The van der Waals surface area contributed by atoms with Gasteiger partial charge in [0.25, 0.3) is 0 Å². The van der Waals surface area contributed by atoms with Crippen LogP contribution in [0, 0.1) is 11.8 Å². The molecular formula is C12H20O4. The van der Waals surface area contributed by atoms with E-state index in [0.717, 1.165) is 25.7 Å². The van der Waals surface area contributed by atoms with Gasteiger partial charge in [-0.2, -0.15) is 0 Å². The molecule has 0 bridgehead atoms. The van der Waals surface area contributed by atoms with Crippen molar-refractivity contribution in [1.82, 2.24) is 0 Å². The van der Waals surface area contributed by atoms with Crippen LogP contribution in [0.1, 0.15) is 39.5 Å². The van der Waals surface area contributed by atoms with Crippen molar-refractivity contribution >= 4 is 11.9 Å². The van der Waals surface area contributed by atoms with E-state index >= 15 is 0 Å². The molecule has 0 amide bonds. The van der Waals surface area contributed by atoms with E-state index in [9.17, 15) is 9.59 Å². The average Bonchev–Trinajstić information content (AvgIpc) is 2.30. The molecule has 16 heavy (non-hydrogen) atoms. The van der Waals surface area contributed by atoms with E-state index in [1.54, 1.807) is 13.8 Å². The highest BCUT2D eigenvalue weighted by Gasteiger charge is 2.37. The van der Waals surface area contributed by atoms with Crippen molar-refractivity contribution in [2.75, 3.05) is 13.2 Å². The van der Waals surface area contributed by atoms with Crippen molar-refractivity contribution in [2.24, 2.45) is 11.8 Å². The maximum absolute atomic E-state index is 11.7. The van der Waals surface area contributed by atoms with Crippen LogP contribution in [0.3, 0.4) is 0 Å².